The van der Waals surface area contributed by atoms with Crippen LogP contribution < -0.4 is 4.74 Å². The highest BCUT2D eigenvalue weighted by atomic mass is 16.5. The zero-order valence-electron chi connectivity index (χ0n) is 18.8. The maximum Gasteiger partial charge on any atom is 0.124 e. The molecule has 5 nitrogen and oxygen atoms in total. The summed E-state index contributed by atoms with van der Waals surface area (Å²) >= 11 is 0. The summed E-state index contributed by atoms with van der Waals surface area (Å²) in [7, 11) is 0. The lowest BCUT2D eigenvalue weighted by Crippen LogP contribution is -2.30. The molecular weight excluding hydrogens is 410 g/mol. The van der Waals surface area contributed by atoms with E-state index in [0.717, 1.165) is 56.1 Å². The summed E-state index contributed by atoms with van der Waals surface area (Å²) in [5.74, 6) is 1.36. The number of ether oxygens (including phenoxy) is 2. The van der Waals surface area contributed by atoms with Crippen LogP contribution in [0.1, 0.15) is 16.7 Å². The Bertz CT molecular complexity index is 1180. The van der Waals surface area contributed by atoms with Crippen LogP contribution in [0.5, 0.6) is 5.75 Å². The molecule has 3 heterocycles. The first-order valence-corrected chi connectivity index (χ1v) is 11.6. The quantitative estimate of drug-likeness (QED) is 0.410. The molecule has 1 atom stereocenters. The van der Waals surface area contributed by atoms with Gasteiger partial charge >= 0.3 is 0 Å². The molecule has 0 saturated carbocycles. The normalized spacial score (nSPS) is 17.0. The van der Waals surface area contributed by atoms with Gasteiger partial charge in [0.25, 0.3) is 0 Å². The van der Waals surface area contributed by atoms with E-state index in [9.17, 15) is 0 Å². The Morgan fingerprint density at radius 3 is 2.82 bits per heavy atom. The van der Waals surface area contributed by atoms with Crippen molar-refractivity contribution in [1.82, 2.24) is 14.9 Å². The molecule has 1 fully saturated rings. The summed E-state index contributed by atoms with van der Waals surface area (Å²) in [6, 6.07) is 22.9. The van der Waals surface area contributed by atoms with E-state index in [2.05, 4.69) is 57.3 Å². The summed E-state index contributed by atoms with van der Waals surface area (Å²) in [6.45, 7) is 4.81. The number of aromatic nitrogens is 2. The van der Waals surface area contributed by atoms with Gasteiger partial charge in [0.1, 0.15) is 12.4 Å². The number of hydrogen-bond donors (Lipinski definition) is 0. The van der Waals surface area contributed by atoms with Crippen LogP contribution in [0.25, 0.3) is 10.9 Å². The van der Waals surface area contributed by atoms with Crippen LogP contribution in [0.15, 0.2) is 85.3 Å². The Balaban J connectivity index is 1.25. The van der Waals surface area contributed by atoms with E-state index in [0.29, 0.717) is 12.5 Å². The number of para-hydroxylation sites is 2. The molecular formula is C28H29N3O2. The van der Waals surface area contributed by atoms with Gasteiger partial charge in [0.2, 0.25) is 0 Å². The van der Waals surface area contributed by atoms with Gasteiger partial charge in [0.15, 0.2) is 0 Å². The standard InChI is InChI=1S/C28H29N3O2/c1-3-9-27-25(7-1)15-23(17-30-27)14-24-18-31(12-13-32-20-24)19-26-8-2-4-10-28(26)33-21-22-6-5-11-29-16-22/h1-11,15-17,24H,12-14,18-21H2. The molecule has 0 radical (unpaired) electrons. The number of benzene rings is 2. The fourth-order valence-electron chi connectivity index (χ4n) is 4.44. The third kappa shape index (κ3) is 5.75. The van der Waals surface area contributed by atoms with Crippen molar-refractivity contribution in [2.45, 2.75) is 19.6 Å². The van der Waals surface area contributed by atoms with Gasteiger partial charge in [-0.3, -0.25) is 14.9 Å². The average molecular weight is 440 g/mol. The molecule has 0 bridgehead atoms. The van der Waals surface area contributed by atoms with Crippen LogP contribution in [0.2, 0.25) is 0 Å². The summed E-state index contributed by atoms with van der Waals surface area (Å²) in [5, 5.41) is 1.20. The summed E-state index contributed by atoms with van der Waals surface area (Å²) in [5.41, 5.74) is 4.58. The highest BCUT2D eigenvalue weighted by Gasteiger charge is 2.20. The molecule has 0 aliphatic carbocycles. The van der Waals surface area contributed by atoms with Crippen LogP contribution in [-0.4, -0.2) is 41.2 Å². The highest BCUT2D eigenvalue weighted by molar-refractivity contribution is 5.78. The van der Waals surface area contributed by atoms with E-state index in [4.69, 9.17) is 9.47 Å². The lowest BCUT2D eigenvalue weighted by atomic mass is 9.99. The molecule has 2 aromatic heterocycles. The molecule has 168 valence electrons. The first kappa shape index (κ1) is 21.6. The second-order valence-electron chi connectivity index (χ2n) is 8.67. The lowest BCUT2D eigenvalue weighted by molar-refractivity contribution is 0.121. The predicted octanol–water partition coefficient (Wildman–Crippen LogP) is 4.90. The SMILES string of the molecule is c1cncc(COc2ccccc2CN2CCOCC(Cc3cnc4ccccc4c3)C2)c1. The first-order valence-electron chi connectivity index (χ1n) is 11.6. The fourth-order valence-corrected chi connectivity index (χ4v) is 4.44. The van der Waals surface area contributed by atoms with Gasteiger partial charge in [0, 0.05) is 54.7 Å². The van der Waals surface area contributed by atoms with E-state index in [-0.39, 0.29) is 0 Å². The second kappa shape index (κ2) is 10.6. The lowest BCUT2D eigenvalue weighted by Gasteiger charge is -2.24. The zero-order chi connectivity index (χ0) is 22.3. The smallest absolute Gasteiger partial charge is 0.124 e. The van der Waals surface area contributed by atoms with Crippen molar-refractivity contribution in [3.05, 3.63) is 102 Å². The number of rotatable bonds is 7. The maximum absolute atomic E-state index is 6.15. The minimum atomic E-state index is 0.430. The second-order valence-corrected chi connectivity index (χ2v) is 8.67. The molecule has 2 aromatic carbocycles. The molecule has 1 unspecified atom stereocenters. The Kier molecular flexibility index (Phi) is 6.90. The van der Waals surface area contributed by atoms with Gasteiger partial charge in [-0.1, -0.05) is 42.5 Å². The van der Waals surface area contributed by atoms with Gasteiger partial charge in [-0.25, -0.2) is 0 Å². The Morgan fingerprint density at radius 2 is 1.88 bits per heavy atom. The molecule has 5 heteroatoms. The minimum absolute atomic E-state index is 0.430. The van der Waals surface area contributed by atoms with Crippen molar-refractivity contribution < 1.29 is 9.47 Å². The number of pyridine rings is 2. The average Bonchev–Trinajstić information content (AvgIpc) is 3.09. The molecule has 33 heavy (non-hydrogen) atoms. The molecule has 0 spiro atoms. The van der Waals surface area contributed by atoms with Gasteiger partial charge in [-0.05, 0) is 42.2 Å². The van der Waals surface area contributed by atoms with E-state index in [1.165, 1.54) is 16.5 Å². The predicted molar refractivity (Wildman–Crippen MR) is 130 cm³/mol. The largest absolute Gasteiger partial charge is 0.489 e. The van der Waals surface area contributed by atoms with E-state index in [1.54, 1.807) is 6.20 Å². The van der Waals surface area contributed by atoms with Crippen LogP contribution in [-0.2, 0) is 24.3 Å². The topological polar surface area (TPSA) is 47.5 Å². The summed E-state index contributed by atoms with van der Waals surface area (Å²) < 4.78 is 12.1. The Morgan fingerprint density at radius 1 is 0.970 bits per heavy atom. The number of hydrogen-bond acceptors (Lipinski definition) is 5. The van der Waals surface area contributed by atoms with Crippen molar-refractivity contribution in [2.24, 2.45) is 5.92 Å². The number of nitrogens with zero attached hydrogens (tertiary/aromatic N) is 3. The van der Waals surface area contributed by atoms with Gasteiger partial charge in [-0.15, -0.1) is 0 Å². The molecule has 5 rings (SSSR count). The molecule has 1 saturated heterocycles. The van der Waals surface area contributed by atoms with Crippen LogP contribution in [0, 0.1) is 5.92 Å². The van der Waals surface area contributed by atoms with Crippen molar-refractivity contribution >= 4 is 10.9 Å². The van der Waals surface area contributed by atoms with Gasteiger partial charge in [-0.2, -0.15) is 0 Å². The molecule has 4 aromatic rings. The van der Waals surface area contributed by atoms with Crippen LogP contribution in [0.3, 0.4) is 0 Å². The van der Waals surface area contributed by atoms with E-state index < -0.39 is 0 Å². The maximum atomic E-state index is 6.15. The first-order chi connectivity index (χ1) is 16.3. The molecule has 0 amide bonds. The fraction of sp³-hybridized carbons (Fsp3) is 0.286. The van der Waals surface area contributed by atoms with Crippen LogP contribution in [0.4, 0.5) is 0 Å². The minimum Gasteiger partial charge on any atom is -0.489 e. The van der Waals surface area contributed by atoms with E-state index >= 15 is 0 Å². The van der Waals surface area contributed by atoms with Crippen LogP contribution >= 0.6 is 0 Å². The molecule has 1 aliphatic heterocycles. The number of fused-ring (bicyclic) bond motifs is 1. The third-order valence-corrected chi connectivity index (χ3v) is 6.08. The summed E-state index contributed by atoms with van der Waals surface area (Å²) in [6.07, 6.45) is 6.61. The van der Waals surface area contributed by atoms with Crippen molar-refractivity contribution in [1.29, 1.82) is 0 Å². The zero-order valence-corrected chi connectivity index (χ0v) is 18.8. The molecule has 0 N–H and O–H groups in total. The van der Waals surface area contributed by atoms with Gasteiger partial charge < -0.3 is 9.47 Å². The van der Waals surface area contributed by atoms with Crippen molar-refractivity contribution in [2.75, 3.05) is 26.3 Å². The monoisotopic (exact) mass is 439 g/mol. The van der Waals surface area contributed by atoms with Gasteiger partial charge in [0.05, 0.1) is 18.7 Å². The highest BCUT2D eigenvalue weighted by Crippen LogP contribution is 2.23. The molecule has 1 aliphatic rings. The van der Waals surface area contributed by atoms with E-state index in [1.807, 2.05) is 36.7 Å². The Hall–Kier alpha value is -3.28. The summed E-state index contributed by atoms with van der Waals surface area (Å²) in [4.78, 5) is 11.3. The Labute approximate surface area is 195 Å². The third-order valence-electron chi connectivity index (χ3n) is 6.08. The van der Waals surface area contributed by atoms with Crippen molar-refractivity contribution in [3.8, 4) is 5.75 Å². The van der Waals surface area contributed by atoms with Crippen molar-refractivity contribution in [3.63, 3.8) is 0 Å².